The third kappa shape index (κ3) is 5.50. The van der Waals surface area contributed by atoms with Gasteiger partial charge in [-0.3, -0.25) is 14.6 Å². The highest BCUT2D eigenvalue weighted by Crippen LogP contribution is 2.34. The van der Waals surface area contributed by atoms with Crippen LogP contribution >= 0.6 is 11.6 Å². The summed E-state index contributed by atoms with van der Waals surface area (Å²) in [5.74, 6) is -1.22. The Hall–Kier alpha value is -3.45. The van der Waals surface area contributed by atoms with Crippen LogP contribution in [-0.2, 0) is 6.42 Å². The molecule has 5 rings (SSSR count). The van der Waals surface area contributed by atoms with Crippen molar-refractivity contribution in [3.8, 4) is 0 Å². The quantitative estimate of drug-likeness (QED) is 0.427. The number of carbonyl (C=O) groups excluding carboxylic acids is 2. The molecule has 204 valence electrons. The SMILES string of the molecule is Cc1cc(N2CCC(N(C)C(=O)c3ccc4c(c3)C(NC(=O)c3c(F)ccc(C)c3Cl)CC4)CC2)cc(C)n1. The summed E-state index contributed by atoms with van der Waals surface area (Å²) in [5, 5.41) is 3.07. The van der Waals surface area contributed by atoms with Crippen LogP contribution in [-0.4, -0.2) is 47.9 Å². The van der Waals surface area contributed by atoms with E-state index in [9.17, 15) is 14.0 Å². The molecule has 2 amide bonds. The van der Waals surface area contributed by atoms with Crippen molar-refractivity contribution < 1.29 is 14.0 Å². The van der Waals surface area contributed by atoms with Crippen LogP contribution in [0.3, 0.4) is 0 Å². The van der Waals surface area contributed by atoms with Gasteiger partial charge in [-0.1, -0.05) is 23.7 Å². The Labute approximate surface area is 234 Å². The average Bonchev–Trinajstić information content (AvgIpc) is 3.31. The molecule has 2 heterocycles. The van der Waals surface area contributed by atoms with Crippen molar-refractivity contribution >= 4 is 29.1 Å². The number of anilines is 1. The van der Waals surface area contributed by atoms with Gasteiger partial charge in [0.05, 0.1) is 16.6 Å². The zero-order valence-electron chi connectivity index (χ0n) is 22.9. The molecule has 1 fully saturated rings. The molecule has 0 spiro atoms. The molecule has 1 aliphatic heterocycles. The highest BCUT2D eigenvalue weighted by Gasteiger charge is 2.30. The van der Waals surface area contributed by atoms with Gasteiger partial charge in [-0.2, -0.15) is 0 Å². The maximum absolute atomic E-state index is 14.4. The van der Waals surface area contributed by atoms with Gasteiger partial charge in [0.25, 0.3) is 11.8 Å². The van der Waals surface area contributed by atoms with Crippen LogP contribution in [0.4, 0.5) is 10.1 Å². The Morgan fingerprint density at radius 3 is 2.41 bits per heavy atom. The monoisotopic (exact) mass is 548 g/mol. The van der Waals surface area contributed by atoms with Crippen molar-refractivity contribution in [3.63, 3.8) is 0 Å². The lowest BCUT2D eigenvalue weighted by molar-refractivity contribution is 0.0709. The number of halogens is 2. The minimum Gasteiger partial charge on any atom is -0.371 e. The smallest absolute Gasteiger partial charge is 0.256 e. The number of nitrogens with one attached hydrogen (secondary N) is 1. The second-order valence-corrected chi connectivity index (χ2v) is 11.2. The summed E-state index contributed by atoms with van der Waals surface area (Å²) in [6.45, 7) is 7.52. The number of benzene rings is 2. The average molecular weight is 549 g/mol. The Kier molecular flexibility index (Phi) is 7.63. The van der Waals surface area contributed by atoms with E-state index in [1.165, 1.54) is 11.8 Å². The normalized spacial score (nSPS) is 17.2. The molecule has 39 heavy (non-hydrogen) atoms. The Morgan fingerprint density at radius 2 is 1.72 bits per heavy atom. The van der Waals surface area contributed by atoms with Crippen LogP contribution in [0.15, 0.2) is 42.5 Å². The van der Waals surface area contributed by atoms with Gasteiger partial charge >= 0.3 is 0 Å². The summed E-state index contributed by atoms with van der Waals surface area (Å²) in [6, 6.07) is 12.6. The second kappa shape index (κ2) is 11.0. The predicted molar refractivity (Wildman–Crippen MR) is 152 cm³/mol. The molecule has 6 nitrogen and oxygen atoms in total. The largest absolute Gasteiger partial charge is 0.371 e. The fourth-order valence-electron chi connectivity index (χ4n) is 5.86. The van der Waals surface area contributed by atoms with Crippen LogP contribution < -0.4 is 10.2 Å². The van der Waals surface area contributed by atoms with Crippen molar-refractivity contribution in [2.24, 2.45) is 0 Å². The summed E-state index contributed by atoms with van der Waals surface area (Å²) in [5.41, 5.74) is 6.31. The Morgan fingerprint density at radius 1 is 1.03 bits per heavy atom. The number of hydrogen-bond donors (Lipinski definition) is 1. The Bertz CT molecular complexity index is 1410. The fourth-order valence-corrected chi connectivity index (χ4v) is 6.10. The zero-order valence-corrected chi connectivity index (χ0v) is 23.6. The molecular weight excluding hydrogens is 515 g/mol. The van der Waals surface area contributed by atoms with Gasteiger partial charge in [0.2, 0.25) is 0 Å². The van der Waals surface area contributed by atoms with Gasteiger partial charge in [-0.05, 0) is 93.5 Å². The lowest BCUT2D eigenvalue weighted by Crippen LogP contribution is -2.45. The van der Waals surface area contributed by atoms with Gasteiger partial charge in [0.1, 0.15) is 5.82 Å². The molecule has 3 aromatic rings. The lowest BCUT2D eigenvalue weighted by atomic mass is 10.00. The van der Waals surface area contributed by atoms with Gasteiger partial charge in [0.15, 0.2) is 0 Å². The number of amides is 2. The molecule has 2 aliphatic rings. The number of hydrogen-bond acceptors (Lipinski definition) is 4. The van der Waals surface area contributed by atoms with Crippen molar-refractivity contribution in [2.45, 2.75) is 58.5 Å². The van der Waals surface area contributed by atoms with Gasteiger partial charge in [-0.15, -0.1) is 0 Å². The summed E-state index contributed by atoms with van der Waals surface area (Å²) >= 11 is 6.26. The van der Waals surface area contributed by atoms with Gasteiger partial charge in [0, 0.05) is 48.8 Å². The highest BCUT2D eigenvalue weighted by molar-refractivity contribution is 6.34. The molecule has 8 heteroatoms. The van der Waals surface area contributed by atoms with Crippen LogP contribution in [0.25, 0.3) is 0 Å². The number of aromatic nitrogens is 1. The first-order valence-electron chi connectivity index (χ1n) is 13.5. The molecule has 0 saturated carbocycles. The topological polar surface area (TPSA) is 65.5 Å². The maximum Gasteiger partial charge on any atom is 0.256 e. The molecule has 1 N–H and O–H groups in total. The van der Waals surface area contributed by atoms with Gasteiger partial charge in [-0.25, -0.2) is 4.39 Å². The molecule has 1 aromatic heterocycles. The van der Waals surface area contributed by atoms with Crippen LogP contribution in [0.5, 0.6) is 0 Å². The molecule has 1 unspecified atom stereocenters. The third-order valence-electron chi connectivity index (χ3n) is 8.05. The first-order chi connectivity index (χ1) is 18.6. The van der Waals surface area contributed by atoms with Crippen molar-refractivity contribution in [2.75, 3.05) is 25.0 Å². The first-order valence-corrected chi connectivity index (χ1v) is 13.9. The second-order valence-electron chi connectivity index (χ2n) is 10.8. The van der Waals surface area contributed by atoms with E-state index in [0.717, 1.165) is 54.9 Å². The number of rotatable bonds is 5. The van der Waals surface area contributed by atoms with Crippen molar-refractivity contribution in [3.05, 3.63) is 92.5 Å². The molecule has 1 aliphatic carbocycles. The van der Waals surface area contributed by atoms with E-state index in [0.29, 0.717) is 17.5 Å². The first kappa shape index (κ1) is 27.1. The standard InChI is InChI=1S/C31H34ClFN4O2/c1-18-5-9-26(33)28(29(18)32)30(38)35-27-10-8-21-6-7-22(17-25(21)27)31(39)36(4)23-11-13-37(14-12-23)24-15-19(2)34-20(3)16-24/h5-7,9,15-17,23,27H,8,10-14H2,1-4H3,(H,35,38). The number of piperidine rings is 1. The number of nitrogens with zero attached hydrogens (tertiary/aromatic N) is 3. The van der Waals surface area contributed by atoms with E-state index in [4.69, 9.17) is 11.6 Å². The van der Waals surface area contributed by atoms with Gasteiger partial charge < -0.3 is 15.1 Å². The number of aryl methyl sites for hydroxylation is 4. The molecule has 1 atom stereocenters. The third-order valence-corrected chi connectivity index (χ3v) is 8.54. The molecular formula is C31H34ClFN4O2. The summed E-state index contributed by atoms with van der Waals surface area (Å²) in [6.07, 6.45) is 3.23. The predicted octanol–water partition coefficient (Wildman–Crippen LogP) is 5.96. The zero-order chi connectivity index (χ0) is 27.8. The molecule has 0 radical (unpaired) electrons. The van der Waals surface area contributed by atoms with Crippen LogP contribution in [0, 0.1) is 26.6 Å². The fraction of sp³-hybridized carbons (Fsp3) is 0.387. The van der Waals surface area contributed by atoms with E-state index in [1.54, 1.807) is 13.0 Å². The van der Waals surface area contributed by atoms with Crippen molar-refractivity contribution in [1.82, 2.24) is 15.2 Å². The molecule has 1 saturated heterocycles. The van der Waals surface area contributed by atoms with E-state index in [1.807, 2.05) is 44.0 Å². The lowest BCUT2D eigenvalue weighted by Gasteiger charge is -2.38. The minimum atomic E-state index is -0.646. The van der Waals surface area contributed by atoms with E-state index in [-0.39, 0.29) is 28.6 Å². The Balaban J connectivity index is 1.26. The van der Waals surface area contributed by atoms with Crippen LogP contribution in [0.2, 0.25) is 5.02 Å². The maximum atomic E-state index is 14.4. The summed E-state index contributed by atoms with van der Waals surface area (Å²) in [7, 11) is 1.87. The van der Waals surface area contributed by atoms with E-state index >= 15 is 0 Å². The molecule has 0 bridgehead atoms. The number of fused-ring (bicyclic) bond motifs is 1. The van der Waals surface area contributed by atoms with Crippen LogP contribution in [0.1, 0.15) is 74.1 Å². The highest BCUT2D eigenvalue weighted by atomic mass is 35.5. The number of carbonyl (C=O) groups is 2. The van der Waals surface area contributed by atoms with Crippen molar-refractivity contribution in [1.29, 1.82) is 0 Å². The minimum absolute atomic E-state index is 0.0309. The summed E-state index contributed by atoms with van der Waals surface area (Å²) < 4.78 is 14.4. The van der Waals surface area contributed by atoms with E-state index < -0.39 is 11.7 Å². The van der Waals surface area contributed by atoms with E-state index in [2.05, 4.69) is 27.3 Å². The number of pyridine rings is 1. The summed E-state index contributed by atoms with van der Waals surface area (Å²) in [4.78, 5) is 35.2. The molecule has 2 aromatic carbocycles.